The number of benzene rings is 3. The lowest BCUT2D eigenvalue weighted by molar-refractivity contribution is -0.123. The van der Waals surface area contributed by atoms with Gasteiger partial charge in [0, 0.05) is 24.7 Å². The molecule has 1 aromatic heterocycles. The summed E-state index contributed by atoms with van der Waals surface area (Å²) in [5, 5.41) is 6.98. The topological polar surface area (TPSA) is 103 Å². The molecule has 0 saturated carbocycles. The molecule has 3 aliphatic rings. The van der Waals surface area contributed by atoms with Crippen LogP contribution < -0.4 is 19.5 Å². The molecule has 4 heterocycles. The first-order chi connectivity index (χ1) is 19.6. The molecule has 1 N–H and O–H groups in total. The largest absolute Gasteiger partial charge is 0.494 e. The average Bonchev–Trinajstić information content (AvgIpc) is 3.49. The highest BCUT2D eigenvalue weighted by Crippen LogP contribution is 2.42. The van der Waals surface area contributed by atoms with Crippen LogP contribution in [-0.4, -0.2) is 55.3 Å². The van der Waals surface area contributed by atoms with E-state index in [-0.39, 0.29) is 24.1 Å². The van der Waals surface area contributed by atoms with Gasteiger partial charge in [-0.2, -0.15) is 0 Å². The summed E-state index contributed by atoms with van der Waals surface area (Å²) in [6.45, 7) is 1.23. The highest BCUT2D eigenvalue weighted by Gasteiger charge is 2.35. The third-order valence-electron chi connectivity index (χ3n) is 7.15. The fraction of sp³-hybridized carbons (Fsp3) is 0.258. The van der Waals surface area contributed by atoms with Crippen LogP contribution in [0.1, 0.15) is 39.6 Å². The quantitative estimate of drug-likeness (QED) is 0.411. The number of nitrogens with one attached hydrogen (secondary N) is 1. The van der Waals surface area contributed by atoms with Crippen LogP contribution in [0.5, 0.6) is 17.2 Å². The number of carbonyl (C=O) groups excluding carboxylic acids is 2. The van der Waals surface area contributed by atoms with Gasteiger partial charge >= 0.3 is 0 Å². The van der Waals surface area contributed by atoms with Crippen LogP contribution >= 0.6 is 0 Å². The van der Waals surface area contributed by atoms with Crippen LogP contribution in [0.3, 0.4) is 0 Å². The predicted octanol–water partition coefficient (Wildman–Crippen LogP) is 4.42. The first kappa shape index (κ1) is 25.5. The summed E-state index contributed by atoms with van der Waals surface area (Å²) in [5.74, 6) is 1.74. The average molecular weight is 540 g/mol. The molecule has 40 heavy (non-hydrogen) atoms. The fourth-order valence-electron chi connectivity index (χ4n) is 5.20. The number of fused-ring (bicyclic) bond motifs is 8. The van der Waals surface area contributed by atoms with Gasteiger partial charge in [0.1, 0.15) is 5.75 Å². The Labute approximate surface area is 231 Å². The Morgan fingerprint density at radius 2 is 1.93 bits per heavy atom. The molecule has 6 bridgehead atoms. The minimum Gasteiger partial charge on any atom is -0.494 e. The molecule has 0 fully saturated rings. The maximum Gasteiger partial charge on any atom is 0.276 e. The molecule has 1 unspecified atom stereocenters. The van der Waals surface area contributed by atoms with E-state index in [0.717, 1.165) is 22.3 Å². The number of nitrogens with zero attached hydrogens (tertiary/aromatic N) is 2. The van der Waals surface area contributed by atoms with Crippen molar-refractivity contribution < 1.29 is 28.3 Å². The zero-order valence-corrected chi connectivity index (χ0v) is 22.1. The molecule has 0 saturated heterocycles. The zero-order valence-electron chi connectivity index (χ0n) is 22.1. The molecule has 4 aromatic rings. The molecular weight excluding hydrogens is 510 g/mol. The monoisotopic (exact) mass is 539 g/mol. The predicted molar refractivity (Wildman–Crippen MR) is 147 cm³/mol. The molecule has 3 aromatic carbocycles. The van der Waals surface area contributed by atoms with Gasteiger partial charge < -0.3 is 29.0 Å². The summed E-state index contributed by atoms with van der Waals surface area (Å²) in [6, 6.07) is 22.4. The van der Waals surface area contributed by atoms with Gasteiger partial charge in [-0.3, -0.25) is 9.59 Å². The SMILES string of the molecule is COc1cc2c3cc1OCC(=O)NCCCOc1cccc(c1)C2N(C(=O)c1cc(-c2ccccc2)on1)CC3. The number of methoxy groups -OCH3 is 1. The lowest BCUT2D eigenvalue weighted by atomic mass is 9.87. The third-order valence-corrected chi connectivity index (χ3v) is 7.15. The van der Waals surface area contributed by atoms with E-state index >= 15 is 0 Å². The summed E-state index contributed by atoms with van der Waals surface area (Å²) in [6.07, 6.45) is 1.23. The second-order valence-corrected chi connectivity index (χ2v) is 9.71. The van der Waals surface area contributed by atoms with Gasteiger partial charge in [-0.1, -0.05) is 47.6 Å². The summed E-state index contributed by atoms with van der Waals surface area (Å²) >= 11 is 0. The van der Waals surface area contributed by atoms with Crippen LogP contribution in [0, 0.1) is 0 Å². The third kappa shape index (κ3) is 5.10. The number of hydrogen-bond donors (Lipinski definition) is 1. The van der Waals surface area contributed by atoms with Gasteiger partial charge in [0.05, 0.1) is 19.8 Å². The summed E-state index contributed by atoms with van der Waals surface area (Å²) in [5.41, 5.74) is 3.89. The molecule has 3 aliphatic heterocycles. The smallest absolute Gasteiger partial charge is 0.276 e. The highest BCUT2D eigenvalue weighted by atomic mass is 16.5. The maximum absolute atomic E-state index is 14.0. The minimum absolute atomic E-state index is 0.126. The normalized spacial score (nSPS) is 17.0. The Bertz CT molecular complexity index is 1530. The standard InChI is InChI=1S/C31H29N3O6/c1-37-27-17-24-21-11-13-34(31(36)25-18-26(40-33-25)20-7-3-2-4-8-20)30(24)22-9-5-10-23(15-22)38-14-6-12-32-29(35)19-39-28(27)16-21/h2-5,7-10,15-18,30H,6,11-14,19H2,1H3,(H,32,35). The van der Waals surface area contributed by atoms with Crippen molar-refractivity contribution in [3.63, 3.8) is 0 Å². The van der Waals surface area contributed by atoms with Gasteiger partial charge in [-0.25, -0.2) is 0 Å². The molecule has 0 radical (unpaired) electrons. The van der Waals surface area contributed by atoms with Crippen molar-refractivity contribution in [3.05, 3.63) is 95.2 Å². The van der Waals surface area contributed by atoms with Crippen LogP contribution in [0.15, 0.2) is 77.3 Å². The number of hydrogen-bond acceptors (Lipinski definition) is 7. The number of amides is 2. The molecule has 0 aliphatic carbocycles. The van der Waals surface area contributed by atoms with Gasteiger partial charge in [0.2, 0.25) is 0 Å². The van der Waals surface area contributed by atoms with Crippen molar-refractivity contribution in [1.29, 1.82) is 0 Å². The van der Waals surface area contributed by atoms with Crippen LogP contribution in [-0.2, 0) is 11.2 Å². The van der Waals surface area contributed by atoms with E-state index in [2.05, 4.69) is 10.5 Å². The lowest BCUT2D eigenvalue weighted by Gasteiger charge is -2.38. The molecular formula is C31H29N3O6. The number of ether oxygens (including phenoxy) is 3. The first-order valence-corrected chi connectivity index (χ1v) is 13.3. The van der Waals surface area contributed by atoms with Crippen LogP contribution in [0.4, 0.5) is 0 Å². The van der Waals surface area contributed by atoms with Crippen molar-refractivity contribution in [2.24, 2.45) is 0 Å². The Hall–Kier alpha value is -4.79. The van der Waals surface area contributed by atoms with E-state index in [4.69, 9.17) is 18.7 Å². The van der Waals surface area contributed by atoms with Gasteiger partial charge in [-0.05, 0) is 53.8 Å². The molecule has 9 nitrogen and oxygen atoms in total. The van der Waals surface area contributed by atoms with E-state index in [1.807, 2.05) is 71.6 Å². The van der Waals surface area contributed by atoms with E-state index in [9.17, 15) is 9.59 Å². The van der Waals surface area contributed by atoms with E-state index in [1.54, 1.807) is 13.2 Å². The fourth-order valence-corrected chi connectivity index (χ4v) is 5.20. The van der Waals surface area contributed by atoms with E-state index < -0.39 is 6.04 Å². The van der Waals surface area contributed by atoms with Crippen LogP contribution in [0.25, 0.3) is 11.3 Å². The van der Waals surface area contributed by atoms with Gasteiger partial charge in [-0.15, -0.1) is 0 Å². The number of carbonyl (C=O) groups is 2. The highest BCUT2D eigenvalue weighted by molar-refractivity contribution is 5.94. The maximum atomic E-state index is 14.0. The van der Waals surface area contributed by atoms with Crippen molar-refractivity contribution in [2.45, 2.75) is 18.9 Å². The summed E-state index contributed by atoms with van der Waals surface area (Å²) < 4.78 is 23.1. The van der Waals surface area contributed by atoms with E-state index in [1.165, 1.54) is 0 Å². The Balaban J connectivity index is 1.42. The van der Waals surface area contributed by atoms with E-state index in [0.29, 0.717) is 55.5 Å². The summed E-state index contributed by atoms with van der Waals surface area (Å²) in [7, 11) is 1.56. The Morgan fingerprint density at radius 1 is 1.05 bits per heavy atom. The zero-order chi connectivity index (χ0) is 27.5. The van der Waals surface area contributed by atoms with Crippen molar-refractivity contribution in [2.75, 3.05) is 33.4 Å². The molecule has 9 heteroatoms. The number of rotatable bonds is 3. The first-order valence-electron chi connectivity index (χ1n) is 13.3. The molecule has 7 rings (SSSR count). The van der Waals surface area contributed by atoms with Crippen molar-refractivity contribution in [3.8, 4) is 28.6 Å². The van der Waals surface area contributed by atoms with Gasteiger partial charge in [0.15, 0.2) is 29.6 Å². The summed E-state index contributed by atoms with van der Waals surface area (Å²) in [4.78, 5) is 28.1. The molecule has 1 atom stereocenters. The minimum atomic E-state index is -0.434. The molecule has 204 valence electrons. The Kier molecular flexibility index (Phi) is 7.09. The molecule has 0 spiro atoms. The van der Waals surface area contributed by atoms with Crippen molar-refractivity contribution in [1.82, 2.24) is 15.4 Å². The second-order valence-electron chi connectivity index (χ2n) is 9.71. The second kappa shape index (κ2) is 11.1. The Morgan fingerprint density at radius 3 is 2.77 bits per heavy atom. The lowest BCUT2D eigenvalue weighted by Crippen LogP contribution is -2.41. The van der Waals surface area contributed by atoms with Crippen LogP contribution in [0.2, 0.25) is 0 Å². The molecule has 2 amide bonds. The van der Waals surface area contributed by atoms with Crippen molar-refractivity contribution >= 4 is 11.8 Å². The number of aromatic nitrogens is 1. The van der Waals surface area contributed by atoms with Gasteiger partial charge in [0.25, 0.3) is 11.8 Å².